The van der Waals surface area contributed by atoms with E-state index in [4.69, 9.17) is 16.3 Å². The number of amides is 1. The van der Waals surface area contributed by atoms with Crippen LogP contribution in [0.15, 0.2) is 23.2 Å². The molecule has 0 spiro atoms. The number of thiophene rings is 1. The maximum atomic E-state index is 12.7. The number of piperazine rings is 1. The zero-order valence-electron chi connectivity index (χ0n) is 17.4. The van der Waals surface area contributed by atoms with Crippen LogP contribution in [0.1, 0.15) is 33.4 Å². The lowest BCUT2D eigenvalue weighted by Gasteiger charge is -2.34. The van der Waals surface area contributed by atoms with Crippen LogP contribution in [-0.2, 0) is 16.1 Å². The van der Waals surface area contributed by atoms with Gasteiger partial charge < -0.3 is 9.64 Å². The number of esters is 1. The predicted molar refractivity (Wildman–Crippen MR) is 122 cm³/mol. The fourth-order valence-corrected chi connectivity index (χ4v) is 5.26. The Morgan fingerprint density at radius 1 is 1.32 bits per heavy atom. The second-order valence-electron chi connectivity index (χ2n) is 6.96. The van der Waals surface area contributed by atoms with Gasteiger partial charge in [0, 0.05) is 37.6 Å². The molecule has 0 N–H and O–H groups in total. The van der Waals surface area contributed by atoms with E-state index in [-0.39, 0.29) is 29.4 Å². The van der Waals surface area contributed by atoms with Crippen molar-refractivity contribution in [3.8, 4) is 6.07 Å². The molecule has 2 aromatic heterocycles. The average molecular weight is 479 g/mol. The number of thioether (sulfide) groups is 1. The van der Waals surface area contributed by atoms with Crippen LogP contribution in [-0.4, -0.2) is 65.2 Å². The number of aromatic nitrogens is 1. The molecule has 2 aromatic rings. The second kappa shape index (κ2) is 11.0. The van der Waals surface area contributed by atoms with Crippen LogP contribution in [0.25, 0.3) is 0 Å². The summed E-state index contributed by atoms with van der Waals surface area (Å²) < 4.78 is 5.80. The number of carbonyl (C=O) groups excluding carboxylic acids is 2. The molecule has 0 atom stereocenters. The molecule has 0 unspecified atom stereocenters. The van der Waals surface area contributed by atoms with Gasteiger partial charge in [-0.25, -0.2) is 9.78 Å². The summed E-state index contributed by atoms with van der Waals surface area (Å²) >= 11 is 8.80. The van der Waals surface area contributed by atoms with Gasteiger partial charge in [-0.15, -0.1) is 11.3 Å². The van der Waals surface area contributed by atoms with Gasteiger partial charge in [0.1, 0.15) is 11.1 Å². The van der Waals surface area contributed by atoms with E-state index in [2.05, 4.69) is 16.0 Å². The Bertz CT molecular complexity index is 997. The van der Waals surface area contributed by atoms with Gasteiger partial charge in [0.25, 0.3) is 0 Å². The fourth-order valence-electron chi connectivity index (χ4n) is 3.22. The SMILES string of the molecule is CCOC(=O)c1cc(C#N)c(SCC(=O)N2CCN(Cc3ccc(Cl)s3)CC2)nc1C. The minimum atomic E-state index is -0.501. The van der Waals surface area contributed by atoms with E-state index in [0.29, 0.717) is 23.8 Å². The number of hydrogen-bond acceptors (Lipinski definition) is 8. The molecule has 1 amide bonds. The summed E-state index contributed by atoms with van der Waals surface area (Å²) in [5, 5.41) is 9.90. The lowest BCUT2D eigenvalue weighted by molar-refractivity contribution is -0.130. The van der Waals surface area contributed by atoms with Crippen LogP contribution in [0.5, 0.6) is 0 Å². The van der Waals surface area contributed by atoms with Crippen LogP contribution in [0, 0.1) is 18.3 Å². The first kappa shape index (κ1) is 23.5. The molecule has 1 saturated heterocycles. The quantitative estimate of drug-likeness (QED) is 0.444. The molecule has 0 radical (unpaired) electrons. The Kier molecular flexibility index (Phi) is 8.32. The Morgan fingerprint density at radius 2 is 2.06 bits per heavy atom. The molecule has 0 saturated carbocycles. The number of rotatable bonds is 7. The molecule has 1 fully saturated rings. The third-order valence-corrected chi connectivity index (χ3v) is 7.05. The summed E-state index contributed by atoms with van der Waals surface area (Å²) in [6.45, 7) is 7.45. The molecule has 164 valence electrons. The Hall–Kier alpha value is -2.12. The average Bonchev–Trinajstić information content (AvgIpc) is 3.17. The fraction of sp³-hybridized carbons (Fsp3) is 0.429. The lowest BCUT2D eigenvalue weighted by atomic mass is 10.1. The molecule has 1 aliphatic heterocycles. The summed E-state index contributed by atoms with van der Waals surface area (Å²) in [7, 11) is 0. The summed E-state index contributed by atoms with van der Waals surface area (Å²) in [5.41, 5.74) is 1.03. The van der Waals surface area contributed by atoms with Crippen molar-refractivity contribution in [2.45, 2.75) is 25.4 Å². The van der Waals surface area contributed by atoms with Crippen LogP contribution in [0.3, 0.4) is 0 Å². The molecular formula is C21H23ClN4O3S2. The maximum Gasteiger partial charge on any atom is 0.340 e. The van der Waals surface area contributed by atoms with Gasteiger partial charge in [-0.2, -0.15) is 5.26 Å². The predicted octanol–water partition coefficient (Wildman–Crippen LogP) is 3.59. The van der Waals surface area contributed by atoms with E-state index >= 15 is 0 Å². The molecule has 3 rings (SSSR count). The molecule has 0 aromatic carbocycles. The number of hydrogen-bond donors (Lipinski definition) is 0. The molecule has 3 heterocycles. The standard InChI is InChI=1S/C21H23ClN4O3S2/c1-3-29-21(28)17-10-15(11-23)20(24-14(17)2)30-13-19(27)26-8-6-25(7-9-26)12-16-4-5-18(22)31-16/h4-5,10H,3,6-9,12-13H2,1-2H3. The van der Waals surface area contributed by atoms with Crippen LogP contribution in [0.2, 0.25) is 4.34 Å². The number of pyridine rings is 1. The highest BCUT2D eigenvalue weighted by Crippen LogP contribution is 2.25. The van der Waals surface area contributed by atoms with Gasteiger partial charge in [0.05, 0.1) is 33.5 Å². The minimum Gasteiger partial charge on any atom is -0.462 e. The van der Waals surface area contributed by atoms with Gasteiger partial charge in [0.2, 0.25) is 5.91 Å². The summed E-state index contributed by atoms with van der Waals surface area (Å²) in [6, 6.07) is 7.50. The van der Waals surface area contributed by atoms with Crippen molar-refractivity contribution in [2.24, 2.45) is 0 Å². The molecular weight excluding hydrogens is 456 g/mol. The number of halogens is 1. The van der Waals surface area contributed by atoms with E-state index in [0.717, 1.165) is 24.0 Å². The van der Waals surface area contributed by atoms with Gasteiger partial charge in [-0.1, -0.05) is 23.4 Å². The van der Waals surface area contributed by atoms with Crippen LogP contribution >= 0.6 is 34.7 Å². The van der Waals surface area contributed by atoms with Crippen molar-refractivity contribution in [1.29, 1.82) is 5.26 Å². The first-order chi connectivity index (χ1) is 14.9. The van der Waals surface area contributed by atoms with Gasteiger partial charge in [0.15, 0.2) is 0 Å². The lowest BCUT2D eigenvalue weighted by Crippen LogP contribution is -2.48. The van der Waals surface area contributed by atoms with Crippen LogP contribution < -0.4 is 0 Å². The third kappa shape index (κ3) is 6.20. The zero-order valence-corrected chi connectivity index (χ0v) is 19.8. The van der Waals surface area contributed by atoms with E-state index in [1.807, 2.05) is 17.0 Å². The number of nitrogens with zero attached hydrogens (tertiary/aromatic N) is 4. The minimum absolute atomic E-state index is 0.0154. The first-order valence-electron chi connectivity index (χ1n) is 9.87. The number of ether oxygens (including phenoxy) is 1. The summed E-state index contributed by atoms with van der Waals surface area (Å²) in [5.74, 6) is -0.290. The molecule has 0 aliphatic carbocycles. The molecule has 31 heavy (non-hydrogen) atoms. The van der Waals surface area contributed by atoms with E-state index in [1.165, 1.54) is 22.7 Å². The topological polar surface area (TPSA) is 86.5 Å². The van der Waals surface area contributed by atoms with E-state index in [9.17, 15) is 14.9 Å². The normalized spacial score (nSPS) is 14.3. The van der Waals surface area contributed by atoms with Crippen molar-refractivity contribution >= 4 is 46.6 Å². The molecule has 10 heteroatoms. The Balaban J connectivity index is 1.54. The summed E-state index contributed by atoms with van der Waals surface area (Å²) in [4.78, 5) is 34.4. The van der Waals surface area contributed by atoms with Crippen molar-refractivity contribution in [1.82, 2.24) is 14.8 Å². The zero-order chi connectivity index (χ0) is 22.4. The molecule has 0 bridgehead atoms. The largest absolute Gasteiger partial charge is 0.462 e. The molecule has 7 nitrogen and oxygen atoms in total. The van der Waals surface area contributed by atoms with E-state index < -0.39 is 5.97 Å². The van der Waals surface area contributed by atoms with E-state index in [1.54, 1.807) is 25.2 Å². The maximum absolute atomic E-state index is 12.7. The van der Waals surface area contributed by atoms with Gasteiger partial charge >= 0.3 is 5.97 Å². The van der Waals surface area contributed by atoms with Gasteiger partial charge in [-0.3, -0.25) is 9.69 Å². The van der Waals surface area contributed by atoms with Crippen molar-refractivity contribution < 1.29 is 14.3 Å². The number of carbonyl (C=O) groups is 2. The van der Waals surface area contributed by atoms with Gasteiger partial charge in [-0.05, 0) is 32.0 Å². The number of aryl methyl sites for hydroxylation is 1. The number of nitriles is 1. The second-order valence-corrected chi connectivity index (χ2v) is 9.72. The van der Waals surface area contributed by atoms with Crippen molar-refractivity contribution in [3.05, 3.63) is 44.2 Å². The first-order valence-corrected chi connectivity index (χ1v) is 12.0. The third-order valence-electron chi connectivity index (χ3n) is 4.86. The monoisotopic (exact) mass is 478 g/mol. The highest BCUT2D eigenvalue weighted by Gasteiger charge is 2.23. The Morgan fingerprint density at radius 3 is 2.68 bits per heavy atom. The van der Waals surface area contributed by atoms with Crippen LogP contribution in [0.4, 0.5) is 0 Å². The van der Waals surface area contributed by atoms with Crippen molar-refractivity contribution in [3.63, 3.8) is 0 Å². The Labute approximate surface area is 194 Å². The van der Waals surface area contributed by atoms with Crippen molar-refractivity contribution in [2.75, 3.05) is 38.5 Å². The summed E-state index contributed by atoms with van der Waals surface area (Å²) in [6.07, 6.45) is 0. The smallest absolute Gasteiger partial charge is 0.340 e. The highest BCUT2D eigenvalue weighted by molar-refractivity contribution is 8.00. The molecule has 1 aliphatic rings. The highest BCUT2D eigenvalue weighted by atomic mass is 35.5.